The van der Waals surface area contributed by atoms with Gasteiger partial charge >= 0.3 is 25.7 Å². The fourth-order valence-corrected chi connectivity index (χ4v) is 8.67. The van der Waals surface area contributed by atoms with Gasteiger partial charge in [0.15, 0.2) is 6.10 Å². The van der Waals surface area contributed by atoms with Crippen molar-refractivity contribution in [3.05, 3.63) is 97.2 Å². The molecule has 0 aromatic carbocycles. The lowest BCUT2D eigenvalue weighted by molar-refractivity contribution is -0.161. The monoisotopic (exact) mass is 1080 g/mol. The molecule has 0 fully saturated rings. The molecule has 12 heteroatoms. The van der Waals surface area contributed by atoms with E-state index in [-0.39, 0.29) is 25.9 Å². The predicted octanol–water partition coefficient (Wildman–Crippen LogP) is 18.0. The summed E-state index contributed by atoms with van der Waals surface area (Å²) >= 11 is 0. The Hall–Kier alpha value is -3.60. The number of phosphoric ester groups is 1. The third-order valence-corrected chi connectivity index (χ3v) is 13.4. The number of rotatable bonds is 55. The van der Waals surface area contributed by atoms with Crippen LogP contribution in [0.4, 0.5) is 0 Å². The Bertz CT molecular complexity index is 1640. The van der Waals surface area contributed by atoms with E-state index in [1.54, 1.807) is 0 Å². The number of phosphoric acid groups is 1. The summed E-state index contributed by atoms with van der Waals surface area (Å²) in [6.45, 7) is 4.40. The molecule has 0 spiro atoms. The summed E-state index contributed by atoms with van der Waals surface area (Å²) in [6, 6.07) is 0. The third-order valence-electron chi connectivity index (χ3n) is 12.4. The second-order valence-corrected chi connectivity index (χ2v) is 21.2. The number of aliphatic hydroxyl groups is 1. The Morgan fingerprint density at radius 3 is 1.11 bits per heavy atom. The molecule has 3 unspecified atom stereocenters. The zero-order valence-corrected chi connectivity index (χ0v) is 49.1. The number of carbonyl (C=O) groups excluding carboxylic acids is 3. The molecule has 0 saturated heterocycles. The van der Waals surface area contributed by atoms with Gasteiger partial charge in [-0.2, -0.15) is 0 Å². The van der Waals surface area contributed by atoms with Crippen LogP contribution in [0.2, 0.25) is 0 Å². The van der Waals surface area contributed by atoms with E-state index >= 15 is 0 Å². The minimum Gasteiger partial charge on any atom is -0.462 e. The number of unbranched alkanes of at least 4 members (excludes halogenated alkanes) is 22. The summed E-state index contributed by atoms with van der Waals surface area (Å²) in [6.07, 6.45) is 67.9. The molecule has 436 valence electrons. The van der Waals surface area contributed by atoms with E-state index in [1.807, 2.05) is 0 Å². The van der Waals surface area contributed by atoms with E-state index in [1.165, 1.54) is 57.8 Å². The lowest BCUT2D eigenvalue weighted by Crippen LogP contribution is -2.30. The van der Waals surface area contributed by atoms with Crippen LogP contribution in [0, 0.1) is 0 Å². The van der Waals surface area contributed by atoms with Crippen molar-refractivity contribution in [1.29, 1.82) is 0 Å². The molecular weight excluding hydrogens is 976 g/mol. The van der Waals surface area contributed by atoms with E-state index < -0.39 is 57.8 Å². The first-order chi connectivity index (χ1) is 37.2. The quantitative estimate of drug-likeness (QED) is 0.0197. The maximum Gasteiger partial charge on any atom is 0.472 e. The highest BCUT2D eigenvalue weighted by molar-refractivity contribution is 7.47. The van der Waals surface area contributed by atoms with Crippen LogP contribution < -0.4 is 0 Å². The minimum absolute atomic E-state index is 0.152. The molecule has 0 aromatic rings. The van der Waals surface area contributed by atoms with Crippen molar-refractivity contribution >= 4 is 25.7 Å². The van der Waals surface area contributed by atoms with E-state index in [0.29, 0.717) is 19.3 Å². The molecule has 0 aliphatic carbocycles. The van der Waals surface area contributed by atoms with Crippen LogP contribution in [0.1, 0.15) is 252 Å². The smallest absolute Gasteiger partial charge is 0.462 e. The zero-order chi connectivity index (χ0) is 55.5. The van der Waals surface area contributed by atoms with Crippen LogP contribution in [0.3, 0.4) is 0 Å². The molecule has 0 radical (unpaired) electrons. The Kier molecular flexibility index (Phi) is 54.8. The summed E-state index contributed by atoms with van der Waals surface area (Å²) in [7, 11) is -4.76. The SMILES string of the molecule is CC/C=C\C/C=C\C/C=C\C/C=C\CCCCCCC(=O)OCC(COP(=O)(O)OCC(CO)OC(=O)CCCCCCC/C=C\C/C=C\CCC)OC(=O)CCCCCCCCCCC/C=C\C/C=C\CCCCC. The van der Waals surface area contributed by atoms with Crippen LogP contribution >= 0.6 is 7.82 Å². The highest BCUT2D eigenvalue weighted by Gasteiger charge is 2.28. The number of carbonyl (C=O) groups is 3. The van der Waals surface area contributed by atoms with Crippen LogP contribution in [-0.4, -0.2) is 66.5 Å². The van der Waals surface area contributed by atoms with Gasteiger partial charge in [0.05, 0.1) is 19.8 Å². The molecular formula is C64H109O11P. The molecule has 2 N–H and O–H groups in total. The Morgan fingerprint density at radius 1 is 0.382 bits per heavy atom. The van der Waals surface area contributed by atoms with Gasteiger partial charge in [-0.05, 0) is 116 Å². The summed E-state index contributed by atoms with van der Waals surface area (Å²) in [5, 5.41) is 9.82. The first-order valence-corrected chi connectivity index (χ1v) is 31.6. The fourth-order valence-electron chi connectivity index (χ4n) is 7.89. The maximum absolute atomic E-state index is 12.9. The molecule has 0 saturated carbocycles. The number of esters is 3. The van der Waals surface area contributed by atoms with Gasteiger partial charge in [-0.15, -0.1) is 0 Å². The molecule has 76 heavy (non-hydrogen) atoms. The van der Waals surface area contributed by atoms with Gasteiger partial charge in [-0.3, -0.25) is 23.4 Å². The van der Waals surface area contributed by atoms with Crippen molar-refractivity contribution in [2.24, 2.45) is 0 Å². The molecule has 0 aliphatic rings. The van der Waals surface area contributed by atoms with E-state index in [9.17, 15) is 28.9 Å². The maximum atomic E-state index is 12.9. The van der Waals surface area contributed by atoms with Gasteiger partial charge in [-0.25, -0.2) is 4.57 Å². The van der Waals surface area contributed by atoms with Crippen LogP contribution in [0.15, 0.2) is 97.2 Å². The number of ether oxygens (including phenoxy) is 3. The largest absolute Gasteiger partial charge is 0.472 e. The van der Waals surface area contributed by atoms with Gasteiger partial charge in [0.1, 0.15) is 12.7 Å². The summed E-state index contributed by atoms with van der Waals surface area (Å²) in [5.74, 6) is -1.51. The highest BCUT2D eigenvalue weighted by Crippen LogP contribution is 2.43. The van der Waals surface area contributed by atoms with Gasteiger partial charge in [0.25, 0.3) is 0 Å². The van der Waals surface area contributed by atoms with E-state index in [0.717, 1.165) is 135 Å². The Labute approximate surface area is 463 Å². The second-order valence-electron chi connectivity index (χ2n) is 19.8. The van der Waals surface area contributed by atoms with Crippen molar-refractivity contribution in [2.75, 3.05) is 26.4 Å². The molecule has 3 atom stereocenters. The molecule has 0 amide bonds. The molecule has 11 nitrogen and oxygen atoms in total. The summed E-state index contributed by atoms with van der Waals surface area (Å²) in [5.41, 5.74) is 0. The normalized spacial score (nSPS) is 14.0. The van der Waals surface area contributed by atoms with Crippen LogP contribution in [-0.2, 0) is 42.2 Å². The van der Waals surface area contributed by atoms with Crippen molar-refractivity contribution < 1.29 is 52.2 Å². The molecule has 0 aromatic heterocycles. The van der Waals surface area contributed by atoms with Crippen molar-refractivity contribution in [3.8, 4) is 0 Å². The molecule has 0 aliphatic heterocycles. The number of hydrogen-bond acceptors (Lipinski definition) is 10. The number of aliphatic hydroxyl groups excluding tert-OH is 1. The average Bonchev–Trinajstić information content (AvgIpc) is 3.41. The van der Waals surface area contributed by atoms with Gasteiger partial charge < -0.3 is 24.2 Å². The predicted molar refractivity (Wildman–Crippen MR) is 316 cm³/mol. The molecule has 0 rings (SSSR count). The third kappa shape index (κ3) is 55.2. The lowest BCUT2D eigenvalue weighted by atomic mass is 10.1. The minimum atomic E-state index is -4.76. The standard InChI is InChI=1S/C64H109O11P/c1-4-7-10-13-16-19-22-25-27-29-30-32-34-37-40-43-46-49-52-55-64(68)75-61(57-71-62(66)53-50-47-44-41-38-36-33-31-28-26-23-20-17-14-11-8-5-2)59-73-76(69,70)72-58-60(56-65)74-63(67)54-51-48-45-42-39-35-24-21-18-15-12-9-6-3/h8,11-12,15-17,19-21,24-28,33,36,60-61,65H,4-7,9-10,13-14,18,22-23,29-32,34-35,37-59H2,1-3H3,(H,69,70)/b11-8-,15-12-,19-16-,20-17-,24-21-,27-25-,28-26-,36-33-. The second kappa shape index (κ2) is 57.6. The number of allylic oxidation sites excluding steroid dienone is 16. The average molecular weight is 1090 g/mol. The Morgan fingerprint density at radius 2 is 0.711 bits per heavy atom. The fraction of sp³-hybridized carbons (Fsp3) is 0.703. The molecule has 0 heterocycles. The topological polar surface area (TPSA) is 155 Å². The van der Waals surface area contributed by atoms with Gasteiger partial charge in [0.2, 0.25) is 0 Å². The van der Waals surface area contributed by atoms with E-state index in [2.05, 4.69) is 118 Å². The van der Waals surface area contributed by atoms with Crippen molar-refractivity contribution in [3.63, 3.8) is 0 Å². The van der Waals surface area contributed by atoms with Crippen LogP contribution in [0.5, 0.6) is 0 Å². The summed E-state index contributed by atoms with van der Waals surface area (Å²) < 4.78 is 39.6. The molecule has 0 bridgehead atoms. The first-order valence-electron chi connectivity index (χ1n) is 30.1. The van der Waals surface area contributed by atoms with Crippen molar-refractivity contribution in [1.82, 2.24) is 0 Å². The van der Waals surface area contributed by atoms with Gasteiger partial charge in [-0.1, -0.05) is 214 Å². The lowest BCUT2D eigenvalue weighted by Gasteiger charge is -2.21. The van der Waals surface area contributed by atoms with Crippen LogP contribution in [0.25, 0.3) is 0 Å². The zero-order valence-electron chi connectivity index (χ0n) is 48.2. The van der Waals surface area contributed by atoms with Crippen molar-refractivity contribution in [2.45, 2.75) is 264 Å². The number of hydrogen-bond donors (Lipinski definition) is 2. The van der Waals surface area contributed by atoms with E-state index in [4.69, 9.17) is 23.3 Å². The highest BCUT2D eigenvalue weighted by atomic mass is 31.2. The Balaban J connectivity index is 4.78. The first kappa shape index (κ1) is 72.4. The summed E-state index contributed by atoms with van der Waals surface area (Å²) in [4.78, 5) is 48.6. The van der Waals surface area contributed by atoms with Gasteiger partial charge in [0, 0.05) is 19.3 Å².